The fourth-order valence-electron chi connectivity index (χ4n) is 1.81. The molecule has 2 rings (SSSR count). The van der Waals surface area contributed by atoms with Crippen LogP contribution >= 0.6 is 15.9 Å². The summed E-state index contributed by atoms with van der Waals surface area (Å²) in [5.41, 5.74) is 1.14. The molecule has 0 fully saturated rings. The third kappa shape index (κ3) is 3.72. The molecule has 0 spiro atoms. The summed E-state index contributed by atoms with van der Waals surface area (Å²) >= 11 is 3.41. The zero-order chi connectivity index (χ0) is 15.2. The molecule has 1 aromatic heterocycles. The van der Waals surface area contributed by atoms with Gasteiger partial charge in [-0.25, -0.2) is 4.98 Å². The Morgan fingerprint density at radius 1 is 1.38 bits per heavy atom. The lowest BCUT2D eigenvalue weighted by molar-refractivity contribution is 0.102. The van der Waals surface area contributed by atoms with E-state index >= 15 is 0 Å². The van der Waals surface area contributed by atoms with E-state index in [0.29, 0.717) is 29.4 Å². The van der Waals surface area contributed by atoms with Crippen LogP contribution in [0.25, 0.3) is 0 Å². The Bertz CT molecular complexity index is 647. The summed E-state index contributed by atoms with van der Waals surface area (Å²) in [6.07, 6.45) is 1.65. The molecular weight excluding hydrogens is 334 g/mol. The summed E-state index contributed by atoms with van der Waals surface area (Å²) in [5.74, 6) is 1.01. The highest BCUT2D eigenvalue weighted by atomic mass is 79.9. The lowest BCUT2D eigenvalue weighted by Gasteiger charge is -2.12. The number of hydrogen-bond donors (Lipinski definition) is 2. The van der Waals surface area contributed by atoms with E-state index in [1.807, 2.05) is 19.1 Å². The minimum Gasteiger partial charge on any atom is -0.497 e. The van der Waals surface area contributed by atoms with Crippen LogP contribution in [0.3, 0.4) is 0 Å². The number of nitrogens with one attached hydrogen (secondary N) is 2. The Kier molecular flexibility index (Phi) is 5.16. The van der Waals surface area contributed by atoms with E-state index in [1.54, 1.807) is 31.5 Å². The van der Waals surface area contributed by atoms with Gasteiger partial charge in [-0.1, -0.05) is 0 Å². The molecule has 1 amide bonds. The Hall–Kier alpha value is -2.08. The van der Waals surface area contributed by atoms with E-state index in [9.17, 15) is 4.79 Å². The molecule has 110 valence electrons. The number of pyridine rings is 1. The Labute approximate surface area is 131 Å². The highest BCUT2D eigenvalue weighted by Crippen LogP contribution is 2.28. The SMILES string of the molecule is CCNc1ncccc1C(=O)Nc1cc(OC)ccc1Br. The fourth-order valence-corrected chi connectivity index (χ4v) is 2.16. The summed E-state index contributed by atoms with van der Waals surface area (Å²) in [6, 6.07) is 8.85. The van der Waals surface area contributed by atoms with E-state index < -0.39 is 0 Å². The molecule has 1 heterocycles. The van der Waals surface area contributed by atoms with Crippen molar-refractivity contribution in [1.29, 1.82) is 0 Å². The van der Waals surface area contributed by atoms with Gasteiger partial charge in [-0.05, 0) is 47.1 Å². The molecule has 2 aromatic rings. The molecule has 1 aromatic carbocycles. The Balaban J connectivity index is 2.26. The first-order valence-corrected chi connectivity index (χ1v) is 7.28. The monoisotopic (exact) mass is 349 g/mol. The third-order valence-corrected chi connectivity index (χ3v) is 3.51. The molecule has 0 saturated carbocycles. The number of ether oxygens (including phenoxy) is 1. The van der Waals surface area contributed by atoms with E-state index in [4.69, 9.17) is 4.74 Å². The second kappa shape index (κ2) is 7.08. The molecule has 0 aliphatic carbocycles. The van der Waals surface area contributed by atoms with Gasteiger partial charge in [-0.3, -0.25) is 4.79 Å². The maximum Gasteiger partial charge on any atom is 0.259 e. The average molecular weight is 350 g/mol. The first-order valence-electron chi connectivity index (χ1n) is 6.49. The van der Waals surface area contributed by atoms with Crippen molar-refractivity contribution in [3.8, 4) is 5.75 Å². The summed E-state index contributed by atoms with van der Waals surface area (Å²) in [6.45, 7) is 2.65. The quantitative estimate of drug-likeness (QED) is 0.866. The van der Waals surface area contributed by atoms with Crippen LogP contribution in [0.5, 0.6) is 5.75 Å². The number of carbonyl (C=O) groups excluding carboxylic acids is 1. The van der Waals surface area contributed by atoms with Crippen LogP contribution in [0.2, 0.25) is 0 Å². The summed E-state index contributed by atoms with van der Waals surface area (Å²) in [7, 11) is 1.58. The highest BCUT2D eigenvalue weighted by molar-refractivity contribution is 9.10. The zero-order valence-corrected chi connectivity index (χ0v) is 13.4. The van der Waals surface area contributed by atoms with Crippen LogP contribution in [-0.2, 0) is 0 Å². The number of amides is 1. The van der Waals surface area contributed by atoms with Crippen molar-refractivity contribution >= 4 is 33.3 Å². The molecule has 0 bridgehead atoms. The number of aromatic nitrogens is 1. The van der Waals surface area contributed by atoms with Crippen LogP contribution in [0.15, 0.2) is 41.0 Å². The maximum atomic E-state index is 12.4. The lowest BCUT2D eigenvalue weighted by atomic mass is 10.2. The number of methoxy groups -OCH3 is 1. The van der Waals surface area contributed by atoms with Crippen LogP contribution in [0, 0.1) is 0 Å². The van der Waals surface area contributed by atoms with Gasteiger partial charge in [0.05, 0.1) is 18.4 Å². The molecule has 0 saturated heterocycles. The van der Waals surface area contributed by atoms with Gasteiger partial charge in [0.1, 0.15) is 11.6 Å². The fraction of sp³-hybridized carbons (Fsp3) is 0.200. The topological polar surface area (TPSA) is 63.2 Å². The van der Waals surface area contributed by atoms with Crippen LogP contribution in [-0.4, -0.2) is 24.5 Å². The molecule has 0 unspecified atom stereocenters. The van der Waals surface area contributed by atoms with Gasteiger partial charge in [-0.15, -0.1) is 0 Å². The Morgan fingerprint density at radius 3 is 2.90 bits per heavy atom. The van der Waals surface area contributed by atoms with E-state index in [1.165, 1.54) is 0 Å². The van der Waals surface area contributed by atoms with Crippen molar-refractivity contribution in [2.75, 3.05) is 24.3 Å². The van der Waals surface area contributed by atoms with Gasteiger partial charge in [0, 0.05) is 23.3 Å². The molecule has 0 aliphatic rings. The lowest BCUT2D eigenvalue weighted by Crippen LogP contribution is -2.16. The minimum absolute atomic E-state index is 0.229. The Morgan fingerprint density at radius 2 is 2.19 bits per heavy atom. The van der Waals surface area contributed by atoms with E-state index in [-0.39, 0.29) is 5.91 Å². The van der Waals surface area contributed by atoms with Crippen molar-refractivity contribution in [3.63, 3.8) is 0 Å². The zero-order valence-electron chi connectivity index (χ0n) is 11.8. The number of halogens is 1. The maximum absolute atomic E-state index is 12.4. The first-order chi connectivity index (χ1) is 10.2. The van der Waals surface area contributed by atoms with Crippen molar-refractivity contribution in [3.05, 3.63) is 46.6 Å². The molecule has 2 N–H and O–H groups in total. The molecule has 0 radical (unpaired) electrons. The van der Waals surface area contributed by atoms with Crippen molar-refractivity contribution in [2.45, 2.75) is 6.92 Å². The second-order valence-electron chi connectivity index (χ2n) is 4.23. The first kappa shape index (κ1) is 15.3. The van der Waals surface area contributed by atoms with Gasteiger partial charge < -0.3 is 15.4 Å². The second-order valence-corrected chi connectivity index (χ2v) is 5.08. The van der Waals surface area contributed by atoms with Crippen molar-refractivity contribution < 1.29 is 9.53 Å². The number of carbonyl (C=O) groups is 1. The van der Waals surface area contributed by atoms with Gasteiger partial charge in [-0.2, -0.15) is 0 Å². The van der Waals surface area contributed by atoms with Gasteiger partial charge in [0.15, 0.2) is 0 Å². The predicted molar refractivity (Wildman–Crippen MR) is 87.0 cm³/mol. The highest BCUT2D eigenvalue weighted by Gasteiger charge is 2.13. The molecule has 5 nitrogen and oxygen atoms in total. The van der Waals surface area contributed by atoms with Crippen LogP contribution in [0.4, 0.5) is 11.5 Å². The minimum atomic E-state index is -0.229. The predicted octanol–water partition coefficient (Wildman–Crippen LogP) is 3.54. The number of nitrogens with zero attached hydrogens (tertiary/aromatic N) is 1. The van der Waals surface area contributed by atoms with Gasteiger partial charge in [0.2, 0.25) is 0 Å². The van der Waals surface area contributed by atoms with Crippen molar-refractivity contribution in [1.82, 2.24) is 4.98 Å². The molecule has 0 atom stereocenters. The third-order valence-electron chi connectivity index (χ3n) is 2.82. The smallest absolute Gasteiger partial charge is 0.259 e. The largest absolute Gasteiger partial charge is 0.497 e. The number of rotatable bonds is 5. The standard InChI is InChI=1S/C15H16BrN3O2/c1-3-17-14-11(5-4-8-18-14)15(20)19-13-9-10(21-2)6-7-12(13)16/h4-9H,3H2,1-2H3,(H,17,18)(H,19,20). The van der Waals surface area contributed by atoms with Gasteiger partial charge >= 0.3 is 0 Å². The molecule has 6 heteroatoms. The average Bonchev–Trinajstić information content (AvgIpc) is 2.50. The molecule has 21 heavy (non-hydrogen) atoms. The van der Waals surface area contributed by atoms with Crippen molar-refractivity contribution in [2.24, 2.45) is 0 Å². The summed E-state index contributed by atoms with van der Waals surface area (Å²) in [5, 5.41) is 5.93. The molecule has 0 aliphatic heterocycles. The number of benzene rings is 1. The van der Waals surface area contributed by atoms with Crippen LogP contribution in [0.1, 0.15) is 17.3 Å². The normalized spacial score (nSPS) is 10.0. The van der Waals surface area contributed by atoms with E-state index in [0.717, 1.165) is 4.47 Å². The number of hydrogen-bond acceptors (Lipinski definition) is 4. The summed E-state index contributed by atoms with van der Waals surface area (Å²) < 4.78 is 5.95. The summed E-state index contributed by atoms with van der Waals surface area (Å²) in [4.78, 5) is 16.6. The van der Waals surface area contributed by atoms with Gasteiger partial charge in [0.25, 0.3) is 5.91 Å². The molecular formula is C15H16BrN3O2. The van der Waals surface area contributed by atoms with E-state index in [2.05, 4.69) is 31.5 Å². The van der Waals surface area contributed by atoms with Crippen LogP contribution < -0.4 is 15.4 Å². The number of anilines is 2.